The van der Waals surface area contributed by atoms with E-state index in [1.165, 1.54) is 0 Å². The zero-order valence-corrected chi connectivity index (χ0v) is 11.4. The summed E-state index contributed by atoms with van der Waals surface area (Å²) in [5.41, 5.74) is 6.04. The van der Waals surface area contributed by atoms with Crippen molar-refractivity contribution in [3.63, 3.8) is 0 Å². The molecule has 1 aliphatic rings. The Hall–Kier alpha value is -0.130. The molecule has 0 aliphatic carbocycles. The van der Waals surface area contributed by atoms with Crippen LogP contribution in [0.4, 0.5) is 0 Å². The molecule has 5 heteroatoms. The Morgan fingerprint density at radius 1 is 1.31 bits per heavy atom. The standard InChI is InChI=1S/C11H24N2O2S/c1-4-6-16(14,15)7-5-13-8-11(12,9-13)10(2)3/h10H,4-9,12H2,1-3H3. The zero-order chi connectivity index (χ0) is 12.4. The Labute approximate surface area is 99.1 Å². The third kappa shape index (κ3) is 3.43. The van der Waals surface area contributed by atoms with Crippen LogP contribution in [-0.2, 0) is 9.84 Å². The van der Waals surface area contributed by atoms with Gasteiger partial charge in [0.15, 0.2) is 9.84 Å². The first-order valence-electron chi connectivity index (χ1n) is 6.01. The molecule has 1 saturated heterocycles. The van der Waals surface area contributed by atoms with Crippen LogP contribution >= 0.6 is 0 Å². The van der Waals surface area contributed by atoms with Crippen molar-refractivity contribution in [3.8, 4) is 0 Å². The first kappa shape index (κ1) is 13.9. The van der Waals surface area contributed by atoms with Crippen molar-refractivity contribution < 1.29 is 8.42 Å². The topological polar surface area (TPSA) is 63.4 Å². The van der Waals surface area contributed by atoms with Crippen molar-refractivity contribution >= 4 is 9.84 Å². The van der Waals surface area contributed by atoms with Gasteiger partial charge in [-0.15, -0.1) is 0 Å². The number of likely N-dealkylation sites (tertiary alicyclic amines) is 1. The molecule has 0 spiro atoms. The zero-order valence-electron chi connectivity index (χ0n) is 10.6. The SMILES string of the molecule is CCCS(=O)(=O)CCN1CC(N)(C(C)C)C1. The minimum Gasteiger partial charge on any atom is -0.323 e. The van der Waals surface area contributed by atoms with Crippen LogP contribution in [0.1, 0.15) is 27.2 Å². The van der Waals surface area contributed by atoms with Gasteiger partial charge >= 0.3 is 0 Å². The van der Waals surface area contributed by atoms with E-state index in [2.05, 4.69) is 18.7 Å². The molecule has 0 aromatic heterocycles. The lowest BCUT2D eigenvalue weighted by Crippen LogP contribution is -2.70. The van der Waals surface area contributed by atoms with E-state index in [9.17, 15) is 8.42 Å². The summed E-state index contributed by atoms with van der Waals surface area (Å²) >= 11 is 0. The summed E-state index contributed by atoms with van der Waals surface area (Å²) in [7, 11) is -2.84. The van der Waals surface area contributed by atoms with Gasteiger partial charge in [0, 0.05) is 30.9 Å². The molecule has 0 radical (unpaired) electrons. The van der Waals surface area contributed by atoms with E-state index in [0.717, 1.165) is 13.1 Å². The maximum atomic E-state index is 11.5. The monoisotopic (exact) mass is 248 g/mol. The molecule has 0 aromatic rings. The number of rotatable bonds is 6. The lowest BCUT2D eigenvalue weighted by Gasteiger charge is -2.50. The summed E-state index contributed by atoms with van der Waals surface area (Å²) in [6, 6.07) is 0. The van der Waals surface area contributed by atoms with Crippen LogP contribution in [0.3, 0.4) is 0 Å². The van der Waals surface area contributed by atoms with Crippen LogP contribution in [0, 0.1) is 5.92 Å². The van der Waals surface area contributed by atoms with Gasteiger partial charge in [-0.05, 0) is 12.3 Å². The molecule has 1 fully saturated rings. The molecule has 0 aromatic carbocycles. The van der Waals surface area contributed by atoms with E-state index in [0.29, 0.717) is 24.6 Å². The van der Waals surface area contributed by atoms with Gasteiger partial charge in [0.25, 0.3) is 0 Å². The van der Waals surface area contributed by atoms with E-state index < -0.39 is 9.84 Å². The number of hydrogen-bond donors (Lipinski definition) is 1. The number of nitrogens with two attached hydrogens (primary N) is 1. The summed E-state index contributed by atoms with van der Waals surface area (Å²) < 4.78 is 23.0. The molecule has 0 saturated carbocycles. The van der Waals surface area contributed by atoms with Gasteiger partial charge in [0.2, 0.25) is 0 Å². The molecule has 1 aliphatic heterocycles. The van der Waals surface area contributed by atoms with E-state index in [4.69, 9.17) is 5.73 Å². The van der Waals surface area contributed by atoms with Crippen molar-refractivity contribution in [2.24, 2.45) is 11.7 Å². The molecular formula is C11H24N2O2S. The highest BCUT2D eigenvalue weighted by molar-refractivity contribution is 7.91. The molecule has 2 N–H and O–H groups in total. The molecule has 0 atom stereocenters. The Morgan fingerprint density at radius 3 is 2.31 bits per heavy atom. The van der Waals surface area contributed by atoms with Crippen molar-refractivity contribution in [1.82, 2.24) is 4.90 Å². The van der Waals surface area contributed by atoms with Gasteiger partial charge in [0.05, 0.1) is 5.75 Å². The smallest absolute Gasteiger partial charge is 0.151 e. The van der Waals surface area contributed by atoms with Crippen LogP contribution in [0.2, 0.25) is 0 Å². The van der Waals surface area contributed by atoms with Gasteiger partial charge in [-0.25, -0.2) is 8.42 Å². The van der Waals surface area contributed by atoms with Crippen molar-refractivity contribution in [3.05, 3.63) is 0 Å². The second kappa shape index (κ2) is 5.02. The average molecular weight is 248 g/mol. The van der Waals surface area contributed by atoms with Gasteiger partial charge in [-0.1, -0.05) is 20.8 Å². The normalized spacial score (nSPS) is 21.1. The quantitative estimate of drug-likeness (QED) is 0.742. The molecule has 0 unspecified atom stereocenters. The van der Waals surface area contributed by atoms with Gasteiger partial charge in [-0.3, -0.25) is 4.90 Å². The van der Waals surface area contributed by atoms with Crippen molar-refractivity contribution in [1.29, 1.82) is 0 Å². The summed E-state index contributed by atoms with van der Waals surface area (Å²) in [6.45, 7) is 8.41. The highest BCUT2D eigenvalue weighted by Gasteiger charge is 2.41. The van der Waals surface area contributed by atoms with E-state index in [-0.39, 0.29) is 11.3 Å². The Morgan fingerprint density at radius 2 is 1.88 bits per heavy atom. The summed E-state index contributed by atoms with van der Waals surface area (Å²) in [5, 5.41) is 0. The second-order valence-corrected chi connectivity index (χ2v) is 7.55. The highest BCUT2D eigenvalue weighted by Crippen LogP contribution is 2.25. The van der Waals surface area contributed by atoms with Crippen molar-refractivity contribution in [2.75, 3.05) is 31.1 Å². The minimum atomic E-state index is -2.84. The first-order valence-corrected chi connectivity index (χ1v) is 7.83. The molecule has 4 nitrogen and oxygen atoms in total. The molecule has 0 bridgehead atoms. The van der Waals surface area contributed by atoms with Gasteiger partial charge < -0.3 is 5.73 Å². The third-order valence-electron chi connectivity index (χ3n) is 3.42. The highest BCUT2D eigenvalue weighted by atomic mass is 32.2. The van der Waals surface area contributed by atoms with Crippen LogP contribution in [0.5, 0.6) is 0 Å². The Bertz CT molecular complexity index is 319. The van der Waals surface area contributed by atoms with Crippen LogP contribution in [-0.4, -0.2) is 50.0 Å². The molecule has 16 heavy (non-hydrogen) atoms. The number of sulfone groups is 1. The fourth-order valence-electron chi connectivity index (χ4n) is 1.99. The molecule has 0 amide bonds. The molecule has 1 heterocycles. The Kier molecular flexibility index (Phi) is 4.37. The first-order chi connectivity index (χ1) is 7.29. The maximum Gasteiger partial charge on any atom is 0.151 e. The Balaban J connectivity index is 2.29. The van der Waals surface area contributed by atoms with E-state index in [1.807, 2.05) is 6.92 Å². The minimum absolute atomic E-state index is 0.103. The fourth-order valence-corrected chi connectivity index (χ4v) is 3.35. The summed E-state index contributed by atoms with van der Waals surface area (Å²) in [6.07, 6.45) is 0.704. The maximum absolute atomic E-state index is 11.5. The number of nitrogens with zero attached hydrogens (tertiary/aromatic N) is 1. The van der Waals surface area contributed by atoms with Crippen LogP contribution in [0.15, 0.2) is 0 Å². The van der Waals surface area contributed by atoms with Crippen LogP contribution < -0.4 is 5.73 Å². The fraction of sp³-hybridized carbons (Fsp3) is 1.00. The lowest BCUT2D eigenvalue weighted by molar-refractivity contribution is 0.0434. The molecular weight excluding hydrogens is 224 g/mol. The average Bonchev–Trinajstić information content (AvgIpc) is 2.10. The van der Waals surface area contributed by atoms with Crippen molar-refractivity contribution in [2.45, 2.75) is 32.7 Å². The predicted octanol–water partition coefficient (Wildman–Crippen LogP) is 0.480. The van der Waals surface area contributed by atoms with Crippen LogP contribution in [0.25, 0.3) is 0 Å². The lowest BCUT2D eigenvalue weighted by atomic mass is 9.80. The van der Waals surface area contributed by atoms with Gasteiger partial charge in [0.1, 0.15) is 0 Å². The van der Waals surface area contributed by atoms with E-state index >= 15 is 0 Å². The summed E-state index contributed by atoms with van der Waals surface area (Å²) in [5.74, 6) is 1.03. The second-order valence-electron chi connectivity index (χ2n) is 5.25. The predicted molar refractivity (Wildman–Crippen MR) is 67.1 cm³/mol. The summed E-state index contributed by atoms with van der Waals surface area (Å²) in [4.78, 5) is 2.13. The largest absolute Gasteiger partial charge is 0.323 e. The molecule has 1 rings (SSSR count). The van der Waals surface area contributed by atoms with Gasteiger partial charge in [-0.2, -0.15) is 0 Å². The van der Waals surface area contributed by atoms with E-state index in [1.54, 1.807) is 0 Å². The third-order valence-corrected chi connectivity index (χ3v) is 5.25. The number of hydrogen-bond acceptors (Lipinski definition) is 4. The molecule has 96 valence electrons.